The van der Waals surface area contributed by atoms with E-state index in [1.807, 2.05) is 84.9 Å². The number of aliphatic carboxylic acids is 1. The van der Waals surface area contributed by atoms with Crippen molar-refractivity contribution in [2.45, 2.75) is 52.4 Å². The van der Waals surface area contributed by atoms with Gasteiger partial charge in [-0.15, -0.1) is 0 Å². The fourth-order valence-electron chi connectivity index (χ4n) is 3.82. The van der Waals surface area contributed by atoms with Gasteiger partial charge in [0.05, 0.1) is 0 Å². The summed E-state index contributed by atoms with van der Waals surface area (Å²) in [5, 5.41) is 8.80. The van der Waals surface area contributed by atoms with Crippen molar-refractivity contribution in [2.75, 3.05) is 0 Å². The van der Waals surface area contributed by atoms with E-state index in [9.17, 15) is 4.79 Å². The maximum Gasteiger partial charge on any atom is 0.328 e. The molecule has 1 heterocycles. The first-order valence-corrected chi connectivity index (χ1v) is 12.7. The molecule has 0 spiro atoms. The Balaban J connectivity index is 0.000000618. The summed E-state index contributed by atoms with van der Waals surface area (Å²) in [7, 11) is 0. The van der Waals surface area contributed by atoms with Crippen LogP contribution in [0.25, 0.3) is 28.7 Å². The molecule has 0 unspecified atom stereocenters. The van der Waals surface area contributed by atoms with Crippen LogP contribution in [0.1, 0.15) is 56.5 Å². The third-order valence-electron chi connectivity index (χ3n) is 5.71. The molecule has 0 saturated heterocycles. The number of carboxylic acids is 1. The summed E-state index contributed by atoms with van der Waals surface area (Å²) in [6, 6.07) is 27.9. The average Bonchev–Trinajstić information content (AvgIpc) is 3.36. The first-order chi connectivity index (χ1) is 17.6. The second-order valence-corrected chi connectivity index (χ2v) is 8.64. The molecule has 3 N–H and O–H groups in total. The third-order valence-corrected chi connectivity index (χ3v) is 5.71. The number of nitrogens with zero attached hydrogens (tertiary/aromatic N) is 1. The number of carboxylic acid groups (broad SMARTS) is 1. The molecular formula is C32H37NO4. The van der Waals surface area contributed by atoms with E-state index in [0.717, 1.165) is 46.2 Å². The lowest BCUT2D eigenvalue weighted by Crippen LogP contribution is -1.92. The van der Waals surface area contributed by atoms with Crippen molar-refractivity contribution in [3.8, 4) is 22.6 Å². The van der Waals surface area contributed by atoms with Crippen LogP contribution < -0.4 is 0 Å². The Hall–Kier alpha value is -3.96. The first kappa shape index (κ1) is 29.3. The Bertz CT molecular complexity index is 1170. The zero-order valence-corrected chi connectivity index (χ0v) is 21.7. The summed E-state index contributed by atoms with van der Waals surface area (Å²) in [5.74, 6) is 0.496. The summed E-state index contributed by atoms with van der Waals surface area (Å²) >= 11 is 0. The Kier molecular flexibility index (Phi) is 12.6. The number of unbranched alkanes of at least 4 members (excludes halogenated alkanes) is 3. The van der Waals surface area contributed by atoms with Crippen molar-refractivity contribution in [1.29, 1.82) is 0 Å². The number of aryl methyl sites for hydroxylation is 2. The maximum absolute atomic E-state index is 10.7. The van der Waals surface area contributed by atoms with Crippen LogP contribution in [0.15, 0.2) is 95.4 Å². The van der Waals surface area contributed by atoms with Crippen LogP contribution in [0.3, 0.4) is 0 Å². The lowest BCUT2D eigenvalue weighted by Gasteiger charge is -2.01. The van der Waals surface area contributed by atoms with Gasteiger partial charge in [-0.2, -0.15) is 0 Å². The highest BCUT2D eigenvalue weighted by molar-refractivity contribution is 5.85. The number of hydrogen-bond acceptors (Lipinski definition) is 3. The lowest BCUT2D eigenvalue weighted by atomic mass is 10.1. The fourth-order valence-corrected chi connectivity index (χ4v) is 3.82. The maximum atomic E-state index is 10.7. The highest BCUT2D eigenvalue weighted by Gasteiger charge is 2.16. The molecule has 3 aromatic carbocycles. The van der Waals surface area contributed by atoms with Gasteiger partial charge in [-0.05, 0) is 23.6 Å². The Morgan fingerprint density at radius 3 is 2.05 bits per heavy atom. The summed E-state index contributed by atoms with van der Waals surface area (Å²) in [6.45, 7) is 4.46. The van der Waals surface area contributed by atoms with Gasteiger partial charge in [0.25, 0.3) is 0 Å². The van der Waals surface area contributed by atoms with Crippen LogP contribution in [-0.2, 0) is 17.6 Å². The number of hydrogen-bond donors (Lipinski definition) is 1. The van der Waals surface area contributed by atoms with Crippen molar-refractivity contribution in [3.05, 3.63) is 108 Å². The van der Waals surface area contributed by atoms with Gasteiger partial charge in [-0.1, -0.05) is 124 Å². The van der Waals surface area contributed by atoms with Crippen molar-refractivity contribution in [2.24, 2.45) is 0 Å². The monoisotopic (exact) mass is 499 g/mol. The third kappa shape index (κ3) is 9.54. The van der Waals surface area contributed by atoms with E-state index in [0.29, 0.717) is 12.3 Å². The van der Waals surface area contributed by atoms with Gasteiger partial charge < -0.3 is 15.0 Å². The number of rotatable bonds is 10. The van der Waals surface area contributed by atoms with E-state index < -0.39 is 5.97 Å². The van der Waals surface area contributed by atoms with Crippen molar-refractivity contribution < 1.29 is 19.8 Å². The second-order valence-electron chi connectivity index (χ2n) is 8.64. The fraction of sp³-hybridized carbons (Fsp3) is 0.250. The second kappa shape index (κ2) is 15.9. The zero-order chi connectivity index (χ0) is 25.6. The number of benzene rings is 3. The normalized spacial score (nSPS) is 10.4. The molecule has 0 aliphatic heterocycles. The predicted molar refractivity (Wildman–Crippen MR) is 151 cm³/mol. The molecule has 5 heteroatoms. The van der Waals surface area contributed by atoms with Crippen LogP contribution in [0.4, 0.5) is 0 Å². The van der Waals surface area contributed by atoms with E-state index in [2.05, 4.69) is 13.8 Å². The molecule has 194 valence electrons. The summed E-state index contributed by atoms with van der Waals surface area (Å²) < 4.78 is 6.18. The zero-order valence-electron chi connectivity index (χ0n) is 21.7. The minimum absolute atomic E-state index is 0. The van der Waals surface area contributed by atoms with E-state index in [1.54, 1.807) is 6.08 Å². The van der Waals surface area contributed by atoms with Gasteiger partial charge in [0.1, 0.15) is 5.69 Å². The predicted octanol–water partition coefficient (Wildman–Crippen LogP) is 7.65. The van der Waals surface area contributed by atoms with E-state index in [-0.39, 0.29) is 5.48 Å². The van der Waals surface area contributed by atoms with Crippen LogP contribution in [0.2, 0.25) is 0 Å². The van der Waals surface area contributed by atoms with E-state index >= 15 is 0 Å². The van der Waals surface area contributed by atoms with Gasteiger partial charge in [-0.3, -0.25) is 0 Å². The largest absolute Gasteiger partial charge is 0.478 e. The SMILES string of the molecule is CCCCCC.O.O=C(O)C=Cc1cccc(CCc2nc(-c3ccccc3)c(-c3ccccc3)o2)c1. The molecule has 1 aromatic heterocycles. The van der Waals surface area contributed by atoms with E-state index in [4.69, 9.17) is 14.5 Å². The summed E-state index contributed by atoms with van der Waals surface area (Å²) in [6.07, 6.45) is 9.68. The molecule has 4 aromatic rings. The Morgan fingerprint density at radius 2 is 1.46 bits per heavy atom. The number of aromatic nitrogens is 1. The minimum atomic E-state index is -0.956. The standard InChI is InChI=1S/C26H21NO3.C6H14.H2O/c28-24(29)17-15-20-9-7-8-19(18-20)14-16-23-27-25(21-10-3-1-4-11-21)26(30-23)22-12-5-2-6-13-22;1-3-5-6-4-2;/h1-13,15,17-18H,14,16H2,(H,28,29);3-6H2,1-2H3;1H2. The molecule has 5 nitrogen and oxygen atoms in total. The van der Waals surface area contributed by atoms with Crippen molar-refractivity contribution in [1.82, 2.24) is 4.98 Å². The molecule has 37 heavy (non-hydrogen) atoms. The highest BCUT2D eigenvalue weighted by Crippen LogP contribution is 2.32. The van der Waals surface area contributed by atoms with Gasteiger partial charge in [0, 0.05) is 23.6 Å². The smallest absolute Gasteiger partial charge is 0.328 e. The van der Waals surface area contributed by atoms with Crippen molar-refractivity contribution >= 4 is 12.0 Å². The topological polar surface area (TPSA) is 94.8 Å². The molecular weight excluding hydrogens is 462 g/mol. The van der Waals surface area contributed by atoms with Crippen LogP contribution in [0, 0.1) is 0 Å². The molecule has 0 aliphatic rings. The van der Waals surface area contributed by atoms with Crippen LogP contribution in [-0.4, -0.2) is 21.5 Å². The minimum Gasteiger partial charge on any atom is -0.478 e. The van der Waals surface area contributed by atoms with Gasteiger partial charge in [0.2, 0.25) is 0 Å². The van der Waals surface area contributed by atoms with E-state index in [1.165, 1.54) is 25.7 Å². The van der Waals surface area contributed by atoms with Crippen LogP contribution in [0.5, 0.6) is 0 Å². The van der Waals surface area contributed by atoms with Crippen LogP contribution >= 0.6 is 0 Å². The van der Waals surface area contributed by atoms with Gasteiger partial charge >= 0.3 is 5.97 Å². The Labute approximate surface area is 219 Å². The molecule has 0 aliphatic carbocycles. The van der Waals surface area contributed by atoms with Gasteiger partial charge in [-0.25, -0.2) is 9.78 Å². The highest BCUT2D eigenvalue weighted by atomic mass is 16.4. The molecule has 0 saturated carbocycles. The first-order valence-electron chi connectivity index (χ1n) is 12.7. The summed E-state index contributed by atoms with van der Waals surface area (Å²) in [4.78, 5) is 15.5. The average molecular weight is 500 g/mol. The quantitative estimate of drug-likeness (QED) is 0.179. The molecule has 0 fully saturated rings. The summed E-state index contributed by atoms with van der Waals surface area (Å²) in [5.41, 5.74) is 4.82. The van der Waals surface area contributed by atoms with Gasteiger partial charge in [0.15, 0.2) is 11.7 Å². The number of oxazole rings is 1. The number of carbonyl (C=O) groups is 1. The molecule has 0 bridgehead atoms. The molecule has 0 atom stereocenters. The molecule has 0 amide bonds. The van der Waals surface area contributed by atoms with Crippen molar-refractivity contribution in [3.63, 3.8) is 0 Å². The lowest BCUT2D eigenvalue weighted by molar-refractivity contribution is -0.131. The Morgan fingerprint density at radius 1 is 0.838 bits per heavy atom. The molecule has 0 radical (unpaired) electrons. The molecule has 4 rings (SSSR count).